The van der Waals surface area contributed by atoms with Crippen molar-refractivity contribution in [3.05, 3.63) is 29.8 Å². The van der Waals surface area contributed by atoms with Crippen LogP contribution in [0.1, 0.15) is 44.1 Å². The molecule has 0 aromatic heterocycles. The van der Waals surface area contributed by atoms with Gasteiger partial charge in [0.2, 0.25) is 17.7 Å². The van der Waals surface area contributed by atoms with Crippen molar-refractivity contribution in [2.24, 2.45) is 0 Å². The standard InChI is InChI=1S/C39H64BN3O17/c40-60-31-6-3-30(4-7-31)5-8-34(48)41-11-19-53-22-21-52-17-10-36(50)43-39(27-55-15-1-13-44,28-56-16-2-14-45)29-57-18-9-35(49)42-12-20-54-23-24-58-37-25-32(47)38(51)33(26-46)59-37/h3-4,6-7,13-14,32-33,37-38,46-47,51H,1-2,5,8-12,15-29,40H2,(H,41,48)(H,42,49)(H,43,50). The van der Waals surface area contributed by atoms with Crippen LogP contribution in [0.15, 0.2) is 24.3 Å². The van der Waals surface area contributed by atoms with Gasteiger partial charge in [0.1, 0.15) is 30.3 Å². The molecule has 0 bridgehead atoms. The average molecular weight is 858 g/mol. The predicted molar refractivity (Wildman–Crippen MR) is 215 cm³/mol. The highest BCUT2D eigenvalue weighted by Gasteiger charge is 2.37. The smallest absolute Gasteiger partial charge is 0.322 e. The molecule has 1 heterocycles. The molecule has 1 aliphatic rings. The molecular weight excluding hydrogens is 793 g/mol. The summed E-state index contributed by atoms with van der Waals surface area (Å²) in [4.78, 5) is 59.4. The van der Waals surface area contributed by atoms with E-state index in [-0.39, 0.29) is 130 Å². The zero-order chi connectivity index (χ0) is 43.7. The lowest BCUT2D eigenvalue weighted by molar-refractivity contribution is -0.258. The van der Waals surface area contributed by atoms with Gasteiger partial charge in [-0.2, -0.15) is 0 Å². The Hall–Kier alpha value is -3.61. The maximum absolute atomic E-state index is 13.1. The number of rotatable bonds is 37. The molecule has 60 heavy (non-hydrogen) atoms. The number of aliphatic hydroxyl groups is 3. The minimum atomic E-state index is -1.21. The van der Waals surface area contributed by atoms with Crippen LogP contribution in [0, 0.1) is 0 Å². The Morgan fingerprint density at radius 1 is 0.717 bits per heavy atom. The third-order valence-electron chi connectivity index (χ3n) is 8.80. The summed E-state index contributed by atoms with van der Waals surface area (Å²) in [6.07, 6.45) is -1.34. The first-order chi connectivity index (χ1) is 29.1. The topological polar surface area (TPSA) is 265 Å². The first kappa shape index (κ1) is 52.5. The first-order valence-electron chi connectivity index (χ1n) is 20.2. The summed E-state index contributed by atoms with van der Waals surface area (Å²) >= 11 is 0. The summed E-state index contributed by atoms with van der Waals surface area (Å²) in [7, 11) is 1.60. The van der Waals surface area contributed by atoms with Crippen molar-refractivity contribution in [3.63, 3.8) is 0 Å². The fourth-order valence-electron chi connectivity index (χ4n) is 5.58. The Morgan fingerprint density at radius 3 is 1.83 bits per heavy atom. The minimum Gasteiger partial charge on any atom is -0.568 e. The van der Waals surface area contributed by atoms with E-state index in [1.807, 2.05) is 24.3 Å². The van der Waals surface area contributed by atoms with Gasteiger partial charge in [0.05, 0.1) is 104 Å². The SMILES string of the molecule is BOc1ccc(CCC(=O)NCCOCCOCCC(=O)NC(COCCC=O)(COCCC=O)COCCC(=O)NCCOCCOC2CC(O)C(O)C(CO)O2)cc1. The third kappa shape index (κ3) is 24.0. The second-order valence-corrected chi connectivity index (χ2v) is 13.7. The number of hydrogen-bond donors (Lipinski definition) is 6. The zero-order valence-electron chi connectivity index (χ0n) is 34.6. The summed E-state index contributed by atoms with van der Waals surface area (Å²) in [5.74, 6) is -0.0227. The van der Waals surface area contributed by atoms with Crippen LogP contribution in [0.3, 0.4) is 0 Å². The molecule has 1 fully saturated rings. The summed E-state index contributed by atoms with van der Waals surface area (Å²) in [6.45, 7) is 1.37. The Morgan fingerprint density at radius 2 is 1.25 bits per heavy atom. The molecule has 0 aliphatic carbocycles. The number of nitrogens with one attached hydrogen (secondary N) is 3. The lowest BCUT2D eigenvalue weighted by Crippen LogP contribution is -2.58. The fraction of sp³-hybridized carbons (Fsp3) is 0.718. The van der Waals surface area contributed by atoms with Gasteiger partial charge in [-0.25, -0.2) is 0 Å². The van der Waals surface area contributed by atoms with E-state index in [2.05, 4.69) is 16.0 Å². The maximum Gasteiger partial charge on any atom is 0.322 e. The van der Waals surface area contributed by atoms with Crippen molar-refractivity contribution in [1.29, 1.82) is 0 Å². The molecule has 1 aliphatic heterocycles. The number of benzene rings is 1. The Labute approximate surface area is 352 Å². The van der Waals surface area contributed by atoms with Crippen molar-refractivity contribution in [3.8, 4) is 5.75 Å². The summed E-state index contributed by atoms with van der Waals surface area (Å²) in [5.41, 5.74) is -0.176. The number of hydrogen-bond acceptors (Lipinski definition) is 17. The highest BCUT2D eigenvalue weighted by Crippen LogP contribution is 2.21. The predicted octanol–water partition coefficient (Wildman–Crippen LogP) is -2.46. The minimum absolute atomic E-state index is 0.00275. The molecule has 0 radical (unpaired) electrons. The quantitative estimate of drug-likeness (QED) is 0.0230. The van der Waals surface area contributed by atoms with Gasteiger partial charge in [-0.1, -0.05) is 12.1 Å². The van der Waals surface area contributed by atoms with Crippen LogP contribution in [0.2, 0.25) is 0 Å². The van der Waals surface area contributed by atoms with Gasteiger partial charge < -0.3 is 83.4 Å². The molecule has 2 rings (SSSR count). The van der Waals surface area contributed by atoms with Crippen molar-refractivity contribution < 1.29 is 81.8 Å². The molecule has 1 aromatic rings. The summed E-state index contributed by atoms with van der Waals surface area (Å²) < 4.78 is 49.7. The van der Waals surface area contributed by atoms with Gasteiger partial charge >= 0.3 is 8.05 Å². The van der Waals surface area contributed by atoms with Crippen molar-refractivity contribution in [2.45, 2.75) is 75.1 Å². The van der Waals surface area contributed by atoms with Crippen molar-refractivity contribution in [1.82, 2.24) is 16.0 Å². The van der Waals surface area contributed by atoms with Gasteiger partial charge in [-0.3, -0.25) is 14.4 Å². The summed E-state index contributed by atoms with van der Waals surface area (Å²) in [5, 5.41) is 37.4. The molecule has 4 atom stereocenters. The number of ether oxygens (including phenoxy) is 8. The van der Waals surface area contributed by atoms with E-state index in [0.29, 0.717) is 38.6 Å². The van der Waals surface area contributed by atoms with E-state index < -0.39 is 42.7 Å². The second-order valence-electron chi connectivity index (χ2n) is 13.7. The molecule has 21 heteroatoms. The van der Waals surface area contributed by atoms with E-state index in [0.717, 1.165) is 11.3 Å². The Balaban J connectivity index is 1.67. The lowest BCUT2D eigenvalue weighted by Gasteiger charge is -2.35. The lowest BCUT2D eigenvalue weighted by atomic mass is 10.0. The highest BCUT2D eigenvalue weighted by molar-refractivity contribution is 5.99. The van der Waals surface area contributed by atoms with Gasteiger partial charge in [0, 0.05) is 51.6 Å². The normalized spacial score (nSPS) is 17.8. The fourth-order valence-corrected chi connectivity index (χ4v) is 5.58. The molecule has 0 spiro atoms. The van der Waals surface area contributed by atoms with Crippen LogP contribution >= 0.6 is 0 Å². The van der Waals surface area contributed by atoms with Gasteiger partial charge in [-0.15, -0.1) is 0 Å². The van der Waals surface area contributed by atoms with Gasteiger partial charge in [0.25, 0.3) is 0 Å². The maximum atomic E-state index is 13.1. The molecule has 6 N–H and O–H groups in total. The van der Waals surface area contributed by atoms with E-state index >= 15 is 0 Å². The van der Waals surface area contributed by atoms with Crippen LogP contribution in [0.4, 0.5) is 0 Å². The molecular formula is C39H64BN3O17. The molecule has 4 unspecified atom stereocenters. The molecule has 3 amide bonds. The Kier molecular flexibility index (Phi) is 29.0. The first-order valence-corrected chi connectivity index (χ1v) is 20.2. The molecule has 340 valence electrons. The van der Waals surface area contributed by atoms with E-state index in [1.165, 1.54) is 0 Å². The largest absolute Gasteiger partial charge is 0.568 e. The van der Waals surface area contributed by atoms with Crippen LogP contribution < -0.4 is 20.6 Å². The number of aliphatic hydroxyl groups excluding tert-OH is 3. The van der Waals surface area contributed by atoms with Crippen molar-refractivity contribution >= 4 is 38.3 Å². The number of carbonyl (C=O) groups is 5. The molecule has 20 nitrogen and oxygen atoms in total. The van der Waals surface area contributed by atoms with Crippen LogP contribution in [0.5, 0.6) is 5.75 Å². The average Bonchev–Trinajstić information content (AvgIpc) is 3.25. The van der Waals surface area contributed by atoms with Crippen molar-refractivity contribution in [2.75, 3.05) is 106 Å². The molecule has 1 saturated heterocycles. The number of carbonyl (C=O) groups excluding carboxylic acids is 5. The molecule has 0 saturated carbocycles. The second kappa shape index (κ2) is 33.1. The van der Waals surface area contributed by atoms with Crippen LogP contribution in [-0.2, 0) is 68.3 Å². The number of aryl methyl sites for hydroxylation is 1. The number of amides is 3. The monoisotopic (exact) mass is 857 g/mol. The van der Waals surface area contributed by atoms with E-state index in [4.69, 9.17) is 42.5 Å². The highest BCUT2D eigenvalue weighted by atomic mass is 16.7. The van der Waals surface area contributed by atoms with Crippen LogP contribution in [-0.4, -0.2) is 189 Å². The molecule has 1 aromatic carbocycles. The van der Waals surface area contributed by atoms with E-state index in [9.17, 15) is 39.3 Å². The van der Waals surface area contributed by atoms with E-state index in [1.54, 1.807) is 8.05 Å². The van der Waals surface area contributed by atoms with Gasteiger partial charge in [0.15, 0.2) is 6.29 Å². The van der Waals surface area contributed by atoms with Crippen LogP contribution in [0.25, 0.3) is 0 Å². The Bertz CT molecular complexity index is 1320. The summed E-state index contributed by atoms with van der Waals surface area (Å²) in [6, 6.07) is 7.55. The zero-order valence-corrected chi connectivity index (χ0v) is 34.6. The van der Waals surface area contributed by atoms with Gasteiger partial charge in [-0.05, 0) is 24.1 Å². The third-order valence-corrected chi connectivity index (χ3v) is 8.80. The number of aldehydes is 2.